The van der Waals surface area contributed by atoms with Gasteiger partial charge in [0.05, 0.1) is 30.9 Å². The van der Waals surface area contributed by atoms with E-state index < -0.39 is 16.1 Å². The lowest BCUT2D eigenvalue weighted by molar-refractivity contribution is 0.355. The van der Waals surface area contributed by atoms with Gasteiger partial charge in [-0.2, -0.15) is 17.9 Å². The van der Waals surface area contributed by atoms with Crippen molar-refractivity contribution in [3.63, 3.8) is 0 Å². The van der Waals surface area contributed by atoms with E-state index in [4.69, 9.17) is 21.1 Å². The number of sulfonamides is 1. The van der Waals surface area contributed by atoms with Crippen molar-refractivity contribution in [2.24, 2.45) is 5.10 Å². The predicted molar refractivity (Wildman–Crippen MR) is 125 cm³/mol. The molecule has 1 aliphatic rings. The van der Waals surface area contributed by atoms with Gasteiger partial charge in [0.25, 0.3) is 10.0 Å². The molecule has 1 unspecified atom stereocenters. The zero-order chi connectivity index (χ0) is 22.9. The standard InChI is InChI=1S/C24H23ClN2O4S/c1-16-4-6-17(7-5-16)22-15-21(18-8-13-23(30-2)24(14-18)31-3)26-27(22)32(28,29)20-11-9-19(25)10-12-20/h4-14,22H,15H2,1-3H3. The largest absolute Gasteiger partial charge is 0.493 e. The number of hydrazone groups is 1. The molecule has 0 saturated heterocycles. The molecule has 0 fully saturated rings. The van der Waals surface area contributed by atoms with Crippen LogP contribution in [0.2, 0.25) is 5.02 Å². The lowest BCUT2D eigenvalue weighted by Gasteiger charge is -2.23. The SMILES string of the molecule is COc1ccc(C2=NN(S(=O)(=O)c3ccc(Cl)cc3)C(c3ccc(C)cc3)C2)cc1OC. The second-order valence-corrected chi connectivity index (χ2v) is 9.71. The van der Waals surface area contributed by atoms with Gasteiger partial charge in [0, 0.05) is 17.0 Å². The van der Waals surface area contributed by atoms with Crippen LogP contribution in [0.3, 0.4) is 0 Å². The molecule has 8 heteroatoms. The van der Waals surface area contributed by atoms with Crippen molar-refractivity contribution >= 4 is 27.3 Å². The van der Waals surface area contributed by atoms with Crippen molar-refractivity contribution in [2.75, 3.05) is 14.2 Å². The maximum Gasteiger partial charge on any atom is 0.279 e. The normalized spacial score (nSPS) is 16.1. The van der Waals surface area contributed by atoms with Crippen LogP contribution >= 0.6 is 11.6 Å². The molecule has 0 aromatic heterocycles. The summed E-state index contributed by atoms with van der Waals surface area (Å²) in [5.41, 5.74) is 3.38. The van der Waals surface area contributed by atoms with Gasteiger partial charge in [0.2, 0.25) is 0 Å². The third-order valence-electron chi connectivity index (χ3n) is 5.41. The van der Waals surface area contributed by atoms with Crippen LogP contribution in [0, 0.1) is 6.92 Å². The molecule has 166 valence electrons. The molecule has 1 atom stereocenters. The van der Waals surface area contributed by atoms with Crippen molar-refractivity contribution in [1.82, 2.24) is 4.41 Å². The zero-order valence-electron chi connectivity index (χ0n) is 17.9. The fraction of sp³-hybridized carbons (Fsp3) is 0.208. The summed E-state index contributed by atoms with van der Waals surface area (Å²) in [7, 11) is -0.773. The molecule has 0 radical (unpaired) electrons. The zero-order valence-corrected chi connectivity index (χ0v) is 19.5. The summed E-state index contributed by atoms with van der Waals surface area (Å²) in [6.45, 7) is 1.99. The first-order valence-corrected chi connectivity index (χ1v) is 11.8. The molecule has 32 heavy (non-hydrogen) atoms. The number of hydrogen-bond donors (Lipinski definition) is 0. The smallest absolute Gasteiger partial charge is 0.279 e. The van der Waals surface area contributed by atoms with Crippen molar-refractivity contribution in [3.8, 4) is 11.5 Å². The Morgan fingerprint density at radius 2 is 1.59 bits per heavy atom. The summed E-state index contributed by atoms with van der Waals surface area (Å²) in [5.74, 6) is 1.15. The van der Waals surface area contributed by atoms with Gasteiger partial charge < -0.3 is 9.47 Å². The summed E-state index contributed by atoms with van der Waals surface area (Å²) in [4.78, 5) is 0.135. The van der Waals surface area contributed by atoms with Gasteiger partial charge in [-0.1, -0.05) is 41.4 Å². The maximum atomic E-state index is 13.5. The van der Waals surface area contributed by atoms with Crippen LogP contribution in [0.5, 0.6) is 11.5 Å². The van der Waals surface area contributed by atoms with Gasteiger partial charge in [-0.05, 0) is 55.0 Å². The van der Waals surface area contributed by atoms with Crippen molar-refractivity contribution in [2.45, 2.75) is 24.3 Å². The van der Waals surface area contributed by atoms with E-state index in [-0.39, 0.29) is 4.90 Å². The number of rotatable bonds is 6. The number of ether oxygens (including phenoxy) is 2. The Hall–Kier alpha value is -3.03. The fourth-order valence-corrected chi connectivity index (χ4v) is 5.21. The molecule has 3 aromatic rings. The molecule has 0 aliphatic carbocycles. The first-order valence-electron chi connectivity index (χ1n) is 10.00. The highest BCUT2D eigenvalue weighted by molar-refractivity contribution is 7.89. The quantitative estimate of drug-likeness (QED) is 0.496. The van der Waals surface area contributed by atoms with Crippen LogP contribution in [-0.4, -0.2) is 32.8 Å². The number of methoxy groups -OCH3 is 2. The number of nitrogens with zero attached hydrogens (tertiary/aromatic N) is 2. The van der Waals surface area contributed by atoms with Crippen molar-refractivity contribution in [3.05, 3.63) is 88.4 Å². The van der Waals surface area contributed by atoms with Gasteiger partial charge in [-0.15, -0.1) is 0 Å². The molecule has 3 aromatic carbocycles. The van der Waals surface area contributed by atoms with Crippen LogP contribution in [0.15, 0.2) is 76.7 Å². The summed E-state index contributed by atoms with van der Waals surface area (Å²) in [6.07, 6.45) is 0.422. The van der Waals surface area contributed by atoms with Gasteiger partial charge in [0.1, 0.15) is 0 Å². The van der Waals surface area contributed by atoms with E-state index in [9.17, 15) is 8.42 Å². The molecule has 0 bridgehead atoms. The Balaban J connectivity index is 1.80. The highest BCUT2D eigenvalue weighted by atomic mass is 35.5. The average Bonchev–Trinajstić information content (AvgIpc) is 3.26. The van der Waals surface area contributed by atoms with E-state index >= 15 is 0 Å². The van der Waals surface area contributed by atoms with Crippen molar-refractivity contribution in [1.29, 1.82) is 0 Å². The van der Waals surface area contributed by atoms with Gasteiger partial charge in [0.15, 0.2) is 11.5 Å². The molecule has 1 aliphatic heterocycles. The molecule has 6 nitrogen and oxygen atoms in total. The number of aryl methyl sites for hydroxylation is 1. The summed E-state index contributed by atoms with van der Waals surface area (Å²) >= 11 is 5.96. The monoisotopic (exact) mass is 470 g/mol. The Labute approximate surface area is 193 Å². The molecule has 0 spiro atoms. The Bertz CT molecular complexity index is 1260. The lowest BCUT2D eigenvalue weighted by atomic mass is 9.98. The summed E-state index contributed by atoms with van der Waals surface area (Å²) in [5, 5.41) is 5.04. The minimum atomic E-state index is -3.90. The number of hydrogen-bond acceptors (Lipinski definition) is 5. The summed E-state index contributed by atoms with van der Waals surface area (Å²) < 4.78 is 39.0. The third-order valence-corrected chi connectivity index (χ3v) is 7.36. The fourth-order valence-electron chi connectivity index (χ4n) is 3.65. The van der Waals surface area contributed by atoms with Crippen LogP contribution in [-0.2, 0) is 10.0 Å². The Kier molecular flexibility index (Phi) is 6.13. The molecule has 0 N–H and O–H groups in total. The van der Waals surface area contributed by atoms with Crippen molar-refractivity contribution < 1.29 is 17.9 Å². The van der Waals surface area contributed by atoms with Gasteiger partial charge in [-0.25, -0.2) is 0 Å². The van der Waals surface area contributed by atoms with Gasteiger partial charge >= 0.3 is 0 Å². The topological polar surface area (TPSA) is 68.2 Å². The predicted octanol–water partition coefficient (Wildman–Crippen LogP) is 5.21. The molecule has 1 heterocycles. The lowest BCUT2D eigenvalue weighted by Crippen LogP contribution is -2.27. The molecule has 4 rings (SSSR count). The first-order chi connectivity index (χ1) is 15.3. The minimum absolute atomic E-state index is 0.135. The van der Waals surface area contributed by atoms with Crippen LogP contribution in [0.1, 0.15) is 29.2 Å². The van der Waals surface area contributed by atoms with E-state index in [0.29, 0.717) is 28.7 Å². The maximum absolute atomic E-state index is 13.5. The van der Waals surface area contributed by atoms with Crippen LogP contribution < -0.4 is 9.47 Å². The van der Waals surface area contributed by atoms with E-state index in [1.54, 1.807) is 32.4 Å². The van der Waals surface area contributed by atoms with E-state index in [2.05, 4.69) is 5.10 Å². The van der Waals surface area contributed by atoms with E-state index in [1.807, 2.05) is 43.3 Å². The molecule has 0 saturated carbocycles. The Morgan fingerprint density at radius 1 is 0.938 bits per heavy atom. The second kappa shape index (κ2) is 8.84. The second-order valence-electron chi connectivity index (χ2n) is 7.48. The first kappa shape index (κ1) is 22.2. The highest BCUT2D eigenvalue weighted by Gasteiger charge is 2.37. The van der Waals surface area contributed by atoms with E-state index in [1.165, 1.54) is 16.5 Å². The third kappa shape index (κ3) is 4.18. The number of benzene rings is 3. The van der Waals surface area contributed by atoms with Gasteiger partial charge in [-0.3, -0.25) is 0 Å². The minimum Gasteiger partial charge on any atom is -0.493 e. The summed E-state index contributed by atoms with van der Waals surface area (Å²) in [6, 6.07) is 18.9. The van der Waals surface area contributed by atoms with Crippen LogP contribution in [0.4, 0.5) is 0 Å². The highest BCUT2D eigenvalue weighted by Crippen LogP contribution is 2.38. The van der Waals surface area contributed by atoms with E-state index in [0.717, 1.165) is 16.7 Å². The molecular weight excluding hydrogens is 448 g/mol. The van der Waals surface area contributed by atoms with Crippen LogP contribution in [0.25, 0.3) is 0 Å². The molecule has 0 amide bonds. The number of halogens is 1. The Morgan fingerprint density at radius 3 is 2.22 bits per heavy atom. The average molecular weight is 471 g/mol. The molecular formula is C24H23ClN2O4S.